The summed E-state index contributed by atoms with van der Waals surface area (Å²) in [6.07, 6.45) is -4.10. The maximum absolute atomic E-state index is 12.9. The number of alkyl halides is 2. The second kappa shape index (κ2) is 5.14. The van der Waals surface area contributed by atoms with Gasteiger partial charge in [-0.05, 0) is 18.5 Å². The number of hydrogen-bond acceptors (Lipinski definition) is 6. The van der Waals surface area contributed by atoms with Crippen molar-refractivity contribution in [2.45, 2.75) is 24.5 Å². The first kappa shape index (κ1) is 13.9. The fourth-order valence-electron chi connectivity index (χ4n) is 0.505. The molecule has 0 bridgehead atoms. The van der Waals surface area contributed by atoms with Crippen LogP contribution in [0.2, 0.25) is 0 Å². The van der Waals surface area contributed by atoms with Crippen LogP contribution in [-0.2, 0) is 4.74 Å². The lowest BCUT2D eigenvalue weighted by Crippen LogP contribution is -2.40. The van der Waals surface area contributed by atoms with Gasteiger partial charge in [-0.3, -0.25) is 20.2 Å². The van der Waals surface area contributed by atoms with Crippen molar-refractivity contribution in [3.05, 3.63) is 20.2 Å². The zero-order valence-corrected chi connectivity index (χ0v) is 8.26. The average Bonchev–Trinajstić information content (AvgIpc) is 2.02. The van der Waals surface area contributed by atoms with Gasteiger partial charge in [-0.25, -0.2) is 0 Å². The van der Waals surface area contributed by atoms with Gasteiger partial charge >= 0.3 is 11.5 Å². The van der Waals surface area contributed by atoms with Crippen LogP contribution in [0.25, 0.3) is 0 Å². The monoisotopic (exact) mass is 246 g/mol. The molecule has 0 aliphatic rings. The van der Waals surface area contributed by atoms with Crippen LogP contribution in [0.4, 0.5) is 4.39 Å². The molecule has 0 spiro atoms. The lowest BCUT2D eigenvalue weighted by molar-refractivity contribution is -0.745. The Bertz CT molecular complexity index is 246. The van der Waals surface area contributed by atoms with Crippen LogP contribution < -0.4 is 0 Å². The molecule has 0 aliphatic carbocycles. The number of aliphatic hydroxyl groups excluding tert-OH is 1. The van der Waals surface area contributed by atoms with Gasteiger partial charge in [-0.2, -0.15) is 4.39 Å². The molecule has 88 valence electrons. The Morgan fingerprint density at radius 2 is 1.93 bits per heavy atom. The topological polar surface area (TPSA) is 116 Å². The standard InChI is InChI=1S/C5H8ClFN2O6/c1-3(10)5(6,7)15-2-4(8(11)12)9(13)14/h3-4,10H,2H2,1H3. The SMILES string of the molecule is CC(O)C(F)(Cl)OCC([N+](=O)[O-])[N+](=O)[O-]. The van der Waals surface area contributed by atoms with Crippen LogP contribution in [-0.4, -0.2) is 39.1 Å². The summed E-state index contributed by atoms with van der Waals surface area (Å²) >= 11 is 4.94. The summed E-state index contributed by atoms with van der Waals surface area (Å²) in [4.78, 5) is 17.7. The van der Waals surface area contributed by atoms with Crippen molar-refractivity contribution in [2.75, 3.05) is 6.61 Å². The molecule has 1 N–H and O–H groups in total. The normalized spacial score (nSPS) is 17.1. The molecule has 0 radical (unpaired) electrons. The third-order valence-electron chi connectivity index (χ3n) is 1.40. The molecule has 0 saturated carbocycles. The largest absolute Gasteiger partial charge is 0.473 e. The molecule has 10 heteroatoms. The molecule has 0 fully saturated rings. The summed E-state index contributed by atoms with van der Waals surface area (Å²) in [6, 6.07) is 0. The summed E-state index contributed by atoms with van der Waals surface area (Å²) in [5, 5.41) is 25.8. The molecule has 15 heavy (non-hydrogen) atoms. The van der Waals surface area contributed by atoms with E-state index >= 15 is 0 Å². The predicted molar refractivity (Wildman–Crippen MR) is 45.1 cm³/mol. The van der Waals surface area contributed by atoms with Crippen LogP contribution >= 0.6 is 11.6 Å². The predicted octanol–water partition coefficient (Wildman–Crippen LogP) is 0.125. The molecule has 8 nitrogen and oxygen atoms in total. The molecule has 0 aromatic rings. The van der Waals surface area contributed by atoms with Gasteiger partial charge in [0.05, 0.1) is 9.85 Å². The molecule has 0 aliphatic heterocycles. The van der Waals surface area contributed by atoms with E-state index in [0.29, 0.717) is 0 Å². The quantitative estimate of drug-likeness (QED) is 0.308. The van der Waals surface area contributed by atoms with Crippen LogP contribution in [0.1, 0.15) is 6.92 Å². The molecular formula is C5H8ClFN2O6. The highest BCUT2D eigenvalue weighted by Gasteiger charge is 2.40. The second-order valence-electron chi connectivity index (χ2n) is 2.60. The van der Waals surface area contributed by atoms with Gasteiger partial charge in [0.1, 0.15) is 6.10 Å². The van der Waals surface area contributed by atoms with Crippen LogP contribution in [0.15, 0.2) is 0 Å². The van der Waals surface area contributed by atoms with E-state index in [0.717, 1.165) is 6.92 Å². The average molecular weight is 247 g/mol. The third kappa shape index (κ3) is 4.32. The molecule has 2 unspecified atom stereocenters. The van der Waals surface area contributed by atoms with E-state index < -0.39 is 34.0 Å². The number of hydrogen-bond donors (Lipinski definition) is 1. The highest BCUT2D eigenvalue weighted by molar-refractivity contribution is 6.22. The van der Waals surface area contributed by atoms with E-state index in [1.807, 2.05) is 0 Å². The van der Waals surface area contributed by atoms with E-state index in [4.69, 9.17) is 16.7 Å². The highest BCUT2D eigenvalue weighted by atomic mass is 35.5. The minimum absolute atomic E-state index is 0.931. The lowest BCUT2D eigenvalue weighted by Gasteiger charge is -2.20. The minimum atomic E-state index is -3.08. The summed E-state index contributed by atoms with van der Waals surface area (Å²) in [5.41, 5.74) is 0. The Morgan fingerprint density at radius 1 is 1.53 bits per heavy atom. The first-order valence-electron chi connectivity index (χ1n) is 3.65. The molecule has 0 rings (SSSR count). The van der Waals surface area contributed by atoms with Crippen LogP contribution in [0.5, 0.6) is 0 Å². The Hall–Kier alpha value is -1.06. The maximum Gasteiger partial charge on any atom is 0.473 e. The van der Waals surface area contributed by atoms with Crippen LogP contribution in [0, 0.1) is 20.2 Å². The number of ether oxygens (including phenoxy) is 1. The van der Waals surface area contributed by atoms with Gasteiger partial charge < -0.3 is 9.84 Å². The molecule has 2 atom stereocenters. The molecular weight excluding hydrogens is 239 g/mol. The molecule has 0 aromatic heterocycles. The number of nitrogens with zero attached hydrogens (tertiary/aromatic N) is 2. The first-order valence-corrected chi connectivity index (χ1v) is 4.03. The summed E-state index contributed by atoms with van der Waals surface area (Å²) in [5.74, 6) is 0. The highest BCUT2D eigenvalue weighted by Crippen LogP contribution is 2.23. The summed E-state index contributed by atoms with van der Waals surface area (Å²) < 4.78 is 17.0. The number of nitro groups is 2. The van der Waals surface area contributed by atoms with Crippen molar-refractivity contribution in [1.29, 1.82) is 0 Å². The van der Waals surface area contributed by atoms with E-state index in [-0.39, 0.29) is 0 Å². The second-order valence-corrected chi connectivity index (χ2v) is 3.12. The fourth-order valence-corrected chi connectivity index (χ4v) is 0.568. The van der Waals surface area contributed by atoms with Gasteiger partial charge in [0.25, 0.3) is 0 Å². The van der Waals surface area contributed by atoms with Crippen molar-refractivity contribution >= 4 is 11.6 Å². The Morgan fingerprint density at radius 3 is 2.20 bits per heavy atom. The Kier molecular flexibility index (Phi) is 4.78. The van der Waals surface area contributed by atoms with Crippen molar-refractivity contribution in [2.24, 2.45) is 0 Å². The Labute approximate surface area is 87.9 Å². The van der Waals surface area contributed by atoms with E-state index in [2.05, 4.69) is 4.74 Å². The molecule has 0 aromatic carbocycles. The third-order valence-corrected chi connectivity index (χ3v) is 1.82. The number of halogens is 2. The Balaban J connectivity index is 4.35. The smallest absolute Gasteiger partial charge is 0.386 e. The van der Waals surface area contributed by atoms with E-state index in [1.54, 1.807) is 0 Å². The van der Waals surface area contributed by atoms with E-state index in [9.17, 15) is 24.6 Å². The van der Waals surface area contributed by atoms with Crippen molar-refractivity contribution < 1.29 is 24.1 Å². The first-order chi connectivity index (χ1) is 6.68. The van der Waals surface area contributed by atoms with Crippen LogP contribution in [0.3, 0.4) is 0 Å². The fraction of sp³-hybridized carbons (Fsp3) is 1.00. The minimum Gasteiger partial charge on any atom is -0.386 e. The van der Waals surface area contributed by atoms with E-state index in [1.165, 1.54) is 0 Å². The number of aliphatic hydroxyl groups is 1. The number of rotatable bonds is 6. The van der Waals surface area contributed by atoms with Crippen molar-refractivity contribution in [3.63, 3.8) is 0 Å². The molecule has 0 amide bonds. The zero-order valence-electron chi connectivity index (χ0n) is 7.50. The lowest BCUT2D eigenvalue weighted by atomic mass is 10.4. The van der Waals surface area contributed by atoms with Crippen molar-refractivity contribution in [1.82, 2.24) is 0 Å². The van der Waals surface area contributed by atoms with Gasteiger partial charge in [-0.1, -0.05) is 0 Å². The van der Waals surface area contributed by atoms with Gasteiger partial charge in [0.2, 0.25) is 0 Å². The van der Waals surface area contributed by atoms with Gasteiger partial charge in [0, 0.05) is 0 Å². The maximum atomic E-state index is 12.9. The zero-order chi connectivity index (χ0) is 12.2. The van der Waals surface area contributed by atoms with Gasteiger partial charge in [0.15, 0.2) is 6.61 Å². The summed E-state index contributed by atoms with van der Waals surface area (Å²) in [6.45, 7) is -0.245. The summed E-state index contributed by atoms with van der Waals surface area (Å²) in [7, 11) is 0. The van der Waals surface area contributed by atoms with Gasteiger partial charge in [-0.15, -0.1) is 0 Å². The molecule has 0 heterocycles. The van der Waals surface area contributed by atoms with Crippen molar-refractivity contribution in [3.8, 4) is 0 Å². The molecule has 0 saturated heterocycles.